The van der Waals surface area contributed by atoms with Gasteiger partial charge in [-0.05, 0) is 38.3 Å². The number of carboxylic acid groups (broad SMARTS) is 1. The number of carboxylic acids is 1. The molecule has 2 aromatic rings. The van der Waals surface area contributed by atoms with Gasteiger partial charge in [-0.15, -0.1) is 0 Å². The molecule has 0 spiro atoms. The smallest absolute Gasteiger partial charge is 0.408 e. The number of nitrogens with one attached hydrogen (secondary N) is 1. The molecule has 9 nitrogen and oxygen atoms in total. The summed E-state index contributed by atoms with van der Waals surface area (Å²) in [7, 11) is -4.11. The standard InChI is InChI=1S/C25H31NO8S/c1-25(2,3)34-24(30)26-21(22(27)28)17-35(31,32)16-20(14-18-10-6-4-7-11-18)23(29)33-15-19-12-8-5-9-13-19/h4-13,20-21H,14-17H2,1-3H3,(H,26,30)(H,27,28)/t20-,21-/m1/s1. The Labute approximate surface area is 205 Å². The normalized spacial score (nSPS) is 13.3. The van der Waals surface area contributed by atoms with E-state index in [1.165, 1.54) is 0 Å². The highest BCUT2D eigenvalue weighted by molar-refractivity contribution is 7.91. The molecule has 2 N–H and O–H groups in total. The molecule has 0 aliphatic carbocycles. The second kappa shape index (κ2) is 12.3. The Balaban J connectivity index is 2.14. The van der Waals surface area contributed by atoms with Gasteiger partial charge in [0, 0.05) is 0 Å². The number of alkyl carbamates (subject to hydrolysis) is 1. The van der Waals surface area contributed by atoms with Crippen molar-refractivity contribution in [1.82, 2.24) is 5.32 Å². The maximum Gasteiger partial charge on any atom is 0.408 e. The molecule has 2 rings (SSSR count). The summed E-state index contributed by atoms with van der Waals surface area (Å²) >= 11 is 0. The lowest BCUT2D eigenvalue weighted by Gasteiger charge is -2.22. The Morgan fingerprint density at radius 3 is 1.97 bits per heavy atom. The fraction of sp³-hybridized carbons (Fsp3) is 0.400. The number of ether oxygens (including phenoxy) is 2. The third-order valence-electron chi connectivity index (χ3n) is 4.75. The van der Waals surface area contributed by atoms with Gasteiger partial charge in [0.25, 0.3) is 0 Å². The second-order valence-electron chi connectivity index (χ2n) is 9.09. The minimum atomic E-state index is -4.11. The summed E-state index contributed by atoms with van der Waals surface area (Å²) in [5.74, 6) is -4.87. The molecule has 0 aliphatic rings. The number of hydrogen-bond donors (Lipinski definition) is 2. The fourth-order valence-corrected chi connectivity index (χ4v) is 4.95. The maximum absolute atomic E-state index is 12.9. The van der Waals surface area contributed by atoms with Crippen LogP contribution in [-0.4, -0.2) is 54.7 Å². The van der Waals surface area contributed by atoms with Crippen LogP contribution in [0, 0.1) is 5.92 Å². The SMILES string of the molecule is CC(C)(C)OC(=O)N[C@H](CS(=O)(=O)C[C@@H](Cc1ccccc1)C(=O)OCc1ccccc1)C(=O)O. The summed E-state index contributed by atoms with van der Waals surface area (Å²) < 4.78 is 36.3. The van der Waals surface area contributed by atoms with Crippen molar-refractivity contribution in [1.29, 1.82) is 0 Å². The molecule has 0 heterocycles. The van der Waals surface area contributed by atoms with Crippen molar-refractivity contribution in [3.63, 3.8) is 0 Å². The van der Waals surface area contributed by atoms with Crippen molar-refractivity contribution < 1.29 is 37.4 Å². The average molecular weight is 506 g/mol. The van der Waals surface area contributed by atoms with E-state index in [2.05, 4.69) is 5.32 Å². The Morgan fingerprint density at radius 2 is 1.46 bits per heavy atom. The van der Waals surface area contributed by atoms with Gasteiger partial charge in [-0.3, -0.25) is 4.79 Å². The zero-order chi connectivity index (χ0) is 26.1. The molecule has 0 radical (unpaired) electrons. The van der Waals surface area contributed by atoms with E-state index in [9.17, 15) is 27.9 Å². The molecule has 0 fully saturated rings. The molecular weight excluding hydrogens is 474 g/mol. The van der Waals surface area contributed by atoms with Crippen LogP contribution in [0.15, 0.2) is 60.7 Å². The van der Waals surface area contributed by atoms with Crippen LogP contribution in [-0.2, 0) is 41.9 Å². The lowest BCUT2D eigenvalue weighted by atomic mass is 10.0. The highest BCUT2D eigenvalue weighted by Gasteiger charge is 2.33. The molecule has 0 bridgehead atoms. The van der Waals surface area contributed by atoms with Crippen LogP contribution in [0.4, 0.5) is 4.79 Å². The van der Waals surface area contributed by atoms with Gasteiger partial charge in [-0.25, -0.2) is 18.0 Å². The molecule has 1 amide bonds. The first-order chi connectivity index (χ1) is 16.3. The molecule has 0 saturated carbocycles. The first-order valence-corrected chi connectivity index (χ1v) is 12.8. The molecule has 190 valence electrons. The van der Waals surface area contributed by atoms with Crippen LogP contribution in [0.3, 0.4) is 0 Å². The summed E-state index contributed by atoms with van der Waals surface area (Å²) in [5, 5.41) is 11.5. The van der Waals surface area contributed by atoms with Crippen LogP contribution in [0.2, 0.25) is 0 Å². The zero-order valence-electron chi connectivity index (χ0n) is 20.0. The minimum absolute atomic E-state index is 0.0248. The summed E-state index contributed by atoms with van der Waals surface area (Å²) in [4.78, 5) is 36.5. The van der Waals surface area contributed by atoms with Gasteiger partial charge in [-0.2, -0.15) is 0 Å². The number of amides is 1. The molecule has 35 heavy (non-hydrogen) atoms. The second-order valence-corrected chi connectivity index (χ2v) is 11.2. The molecule has 2 atom stereocenters. The van der Waals surface area contributed by atoms with Gasteiger partial charge in [0.1, 0.15) is 18.2 Å². The first-order valence-electron chi connectivity index (χ1n) is 11.0. The van der Waals surface area contributed by atoms with Crippen LogP contribution in [0.25, 0.3) is 0 Å². The van der Waals surface area contributed by atoms with Gasteiger partial charge < -0.3 is 19.9 Å². The first kappa shape index (κ1) is 27.8. The van der Waals surface area contributed by atoms with E-state index in [4.69, 9.17) is 9.47 Å². The number of rotatable bonds is 11. The van der Waals surface area contributed by atoms with Crippen LogP contribution < -0.4 is 5.32 Å². The van der Waals surface area contributed by atoms with Gasteiger partial charge >= 0.3 is 18.0 Å². The predicted molar refractivity (Wildman–Crippen MR) is 129 cm³/mol. The lowest BCUT2D eigenvalue weighted by Crippen LogP contribution is -2.48. The number of aliphatic carboxylic acids is 1. The van der Waals surface area contributed by atoms with E-state index in [0.29, 0.717) is 0 Å². The number of carbonyl (C=O) groups is 3. The number of carbonyl (C=O) groups excluding carboxylic acids is 2. The summed E-state index contributed by atoms with van der Waals surface area (Å²) in [6, 6.07) is 16.0. The quantitative estimate of drug-likeness (QED) is 0.445. The summed E-state index contributed by atoms with van der Waals surface area (Å²) in [6.45, 7) is 4.75. The van der Waals surface area contributed by atoms with Crippen LogP contribution in [0.1, 0.15) is 31.9 Å². The highest BCUT2D eigenvalue weighted by Crippen LogP contribution is 2.16. The summed E-state index contributed by atoms with van der Waals surface area (Å²) in [6.07, 6.45) is -0.964. The van der Waals surface area contributed by atoms with Crippen LogP contribution in [0.5, 0.6) is 0 Å². The van der Waals surface area contributed by atoms with E-state index in [1.807, 2.05) is 6.07 Å². The number of sulfone groups is 1. The fourth-order valence-electron chi connectivity index (χ4n) is 3.21. The van der Waals surface area contributed by atoms with E-state index in [1.54, 1.807) is 75.4 Å². The number of hydrogen-bond acceptors (Lipinski definition) is 7. The molecule has 10 heteroatoms. The van der Waals surface area contributed by atoms with E-state index < -0.39 is 56.9 Å². The maximum atomic E-state index is 12.9. The topological polar surface area (TPSA) is 136 Å². The zero-order valence-corrected chi connectivity index (χ0v) is 20.8. The molecule has 2 aromatic carbocycles. The highest BCUT2D eigenvalue weighted by atomic mass is 32.2. The lowest BCUT2D eigenvalue weighted by molar-refractivity contribution is -0.149. The third-order valence-corrected chi connectivity index (χ3v) is 6.50. The predicted octanol–water partition coefficient (Wildman–Crippen LogP) is 2.98. The van der Waals surface area contributed by atoms with Crippen molar-refractivity contribution in [3.05, 3.63) is 71.8 Å². The monoisotopic (exact) mass is 505 g/mol. The minimum Gasteiger partial charge on any atom is -0.480 e. The van der Waals surface area contributed by atoms with E-state index in [0.717, 1.165) is 11.1 Å². The molecule has 0 saturated heterocycles. The van der Waals surface area contributed by atoms with Gasteiger partial charge in [0.2, 0.25) is 0 Å². The van der Waals surface area contributed by atoms with Gasteiger partial charge in [0.15, 0.2) is 9.84 Å². The van der Waals surface area contributed by atoms with Gasteiger partial charge in [0.05, 0.1) is 17.4 Å². The van der Waals surface area contributed by atoms with Crippen molar-refractivity contribution >= 4 is 27.9 Å². The third kappa shape index (κ3) is 10.6. The molecule has 0 aromatic heterocycles. The molecule has 0 unspecified atom stereocenters. The van der Waals surface area contributed by atoms with E-state index >= 15 is 0 Å². The van der Waals surface area contributed by atoms with Crippen molar-refractivity contribution in [2.24, 2.45) is 5.92 Å². The Bertz CT molecular complexity index is 1100. The van der Waals surface area contributed by atoms with Gasteiger partial charge in [-0.1, -0.05) is 60.7 Å². The number of esters is 1. The Morgan fingerprint density at radius 1 is 0.914 bits per heavy atom. The molecular formula is C25H31NO8S. The Kier molecular flexibility index (Phi) is 9.82. The van der Waals surface area contributed by atoms with E-state index in [-0.39, 0.29) is 13.0 Å². The molecule has 0 aliphatic heterocycles. The summed E-state index contributed by atoms with van der Waals surface area (Å²) in [5.41, 5.74) is 0.579. The largest absolute Gasteiger partial charge is 0.480 e. The Hall–Kier alpha value is -3.40. The van der Waals surface area contributed by atoms with Crippen LogP contribution >= 0.6 is 0 Å². The van der Waals surface area contributed by atoms with Crippen molar-refractivity contribution in [3.8, 4) is 0 Å². The average Bonchev–Trinajstić information content (AvgIpc) is 2.76. The van der Waals surface area contributed by atoms with Crippen molar-refractivity contribution in [2.45, 2.75) is 45.4 Å². The van der Waals surface area contributed by atoms with Crippen molar-refractivity contribution in [2.75, 3.05) is 11.5 Å². The number of benzene rings is 2.